The smallest absolute Gasteiger partial charge is 0.227 e. The zero-order chi connectivity index (χ0) is 14.7. The number of halogens is 1. The minimum absolute atomic E-state index is 0. The SMILES string of the molecule is Cc1ncc(-c2ccc(NC(=O)C3CCNCC3)cc2)o1.Cl. The van der Waals surface area contributed by atoms with Gasteiger partial charge in [-0.25, -0.2) is 4.98 Å². The fraction of sp³-hybridized carbons (Fsp3) is 0.375. The molecule has 0 unspecified atom stereocenters. The third-order valence-electron chi connectivity index (χ3n) is 3.77. The Hall–Kier alpha value is -1.85. The second-order valence-electron chi connectivity index (χ2n) is 5.33. The predicted octanol–water partition coefficient (Wildman–Crippen LogP) is 3.01. The van der Waals surface area contributed by atoms with E-state index in [9.17, 15) is 4.79 Å². The van der Waals surface area contributed by atoms with Crippen molar-refractivity contribution in [2.75, 3.05) is 18.4 Å². The van der Waals surface area contributed by atoms with Crippen molar-refractivity contribution < 1.29 is 9.21 Å². The van der Waals surface area contributed by atoms with E-state index in [2.05, 4.69) is 15.6 Å². The lowest BCUT2D eigenvalue weighted by atomic mass is 9.97. The molecule has 0 atom stereocenters. The van der Waals surface area contributed by atoms with Gasteiger partial charge in [-0.15, -0.1) is 12.4 Å². The maximum atomic E-state index is 12.2. The van der Waals surface area contributed by atoms with E-state index in [1.807, 2.05) is 31.2 Å². The average molecular weight is 322 g/mol. The number of piperidine rings is 1. The lowest BCUT2D eigenvalue weighted by molar-refractivity contribution is -0.120. The van der Waals surface area contributed by atoms with Gasteiger partial charge in [0, 0.05) is 24.1 Å². The van der Waals surface area contributed by atoms with Gasteiger partial charge in [0.15, 0.2) is 11.7 Å². The summed E-state index contributed by atoms with van der Waals surface area (Å²) in [4.78, 5) is 16.2. The molecule has 2 aromatic rings. The molecule has 1 saturated heterocycles. The van der Waals surface area contributed by atoms with E-state index in [0.29, 0.717) is 5.89 Å². The molecule has 6 heteroatoms. The number of carbonyl (C=O) groups excluding carboxylic acids is 1. The van der Waals surface area contributed by atoms with Crippen molar-refractivity contribution in [3.05, 3.63) is 36.4 Å². The number of hydrogen-bond acceptors (Lipinski definition) is 4. The minimum Gasteiger partial charge on any atom is -0.441 e. The molecule has 1 fully saturated rings. The van der Waals surface area contributed by atoms with Gasteiger partial charge in [0.25, 0.3) is 0 Å². The van der Waals surface area contributed by atoms with Crippen LogP contribution in [0.15, 0.2) is 34.9 Å². The third-order valence-corrected chi connectivity index (χ3v) is 3.77. The monoisotopic (exact) mass is 321 g/mol. The Balaban J connectivity index is 0.00000176. The zero-order valence-electron chi connectivity index (χ0n) is 12.5. The fourth-order valence-corrected chi connectivity index (χ4v) is 2.54. The molecule has 0 bridgehead atoms. The van der Waals surface area contributed by atoms with Gasteiger partial charge < -0.3 is 15.1 Å². The molecule has 2 N–H and O–H groups in total. The second-order valence-corrected chi connectivity index (χ2v) is 5.33. The van der Waals surface area contributed by atoms with E-state index >= 15 is 0 Å². The quantitative estimate of drug-likeness (QED) is 0.912. The van der Waals surface area contributed by atoms with Gasteiger partial charge in [0.1, 0.15) is 0 Å². The van der Waals surface area contributed by atoms with Crippen LogP contribution in [0.25, 0.3) is 11.3 Å². The Labute approximate surface area is 135 Å². The van der Waals surface area contributed by atoms with Gasteiger partial charge in [-0.05, 0) is 50.2 Å². The molecule has 1 amide bonds. The highest BCUT2D eigenvalue weighted by atomic mass is 35.5. The number of aryl methyl sites for hydroxylation is 1. The van der Waals surface area contributed by atoms with Crippen molar-refractivity contribution >= 4 is 24.0 Å². The Morgan fingerprint density at radius 2 is 1.95 bits per heavy atom. The first-order valence-electron chi connectivity index (χ1n) is 7.27. The van der Waals surface area contributed by atoms with Crippen LogP contribution in [-0.4, -0.2) is 24.0 Å². The van der Waals surface area contributed by atoms with Crippen LogP contribution in [0.4, 0.5) is 5.69 Å². The first-order chi connectivity index (χ1) is 10.2. The van der Waals surface area contributed by atoms with Crippen LogP contribution in [0, 0.1) is 12.8 Å². The van der Waals surface area contributed by atoms with Gasteiger partial charge in [-0.2, -0.15) is 0 Å². The summed E-state index contributed by atoms with van der Waals surface area (Å²) in [5.74, 6) is 1.61. The fourth-order valence-electron chi connectivity index (χ4n) is 2.54. The number of amides is 1. The summed E-state index contributed by atoms with van der Waals surface area (Å²) in [5.41, 5.74) is 1.77. The molecule has 1 aromatic carbocycles. The molecule has 5 nitrogen and oxygen atoms in total. The van der Waals surface area contributed by atoms with E-state index in [1.54, 1.807) is 6.20 Å². The molecule has 118 valence electrons. The normalized spacial score (nSPS) is 15.1. The molecule has 0 aliphatic carbocycles. The van der Waals surface area contributed by atoms with Gasteiger partial charge in [-0.1, -0.05) is 0 Å². The first-order valence-corrected chi connectivity index (χ1v) is 7.27. The van der Waals surface area contributed by atoms with Crippen molar-refractivity contribution in [3.8, 4) is 11.3 Å². The van der Waals surface area contributed by atoms with Crippen molar-refractivity contribution in [2.24, 2.45) is 5.92 Å². The highest BCUT2D eigenvalue weighted by molar-refractivity contribution is 5.92. The largest absolute Gasteiger partial charge is 0.441 e. The number of aromatic nitrogens is 1. The molecule has 0 spiro atoms. The Morgan fingerprint density at radius 1 is 1.27 bits per heavy atom. The number of oxazole rings is 1. The number of nitrogens with zero attached hydrogens (tertiary/aromatic N) is 1. The molecule has 1 aliphatic heterocycles. The molecule has 2 heterocycles. The molecule has 0 saturated carbocycles. The summed E-state index contributed by atoms with van der Waals surface area (Å²) in [6.45, 7) is 3.65. The summed E-state index contributed by atoms with van der Waals surface area (Å²) in [6, 6.07) is 7.65. The van der Waals surface area contributed by atoms with E-state index in [-0.39, 0.29) is 24.2 Å². The van der Waals surface area contributed by atoms with Crippen molar-refractivity contribution in [1.82, 2.24) is 10.3 Å². The van der Waals surface area contributed by atoms with Crippen LogP contribution in [0.2, 0.25) is 0 Å². The summed E-state index contributed by atoms with van der Waals surface area (Å²) >= 11 is 0. The molecule has 3 rings (SSSR count). The van der Waals surface area contributed by atoms with Crippen molar-refractivity contribution in [1.29, 1.82) is 0 Å². The van der Waals surface area contributed by atoms with Crippen LogP contribution in [0.3, 0.4) is 0 Å². The van der Waals surface area contributed by atoms with E-state index in [4.69, 9.17) is 4.42 Å². The minimum atomic E-state index is 0. The number of nitrogens with one attached hydrogen (secondary N) is 2. The van der Waals surface area contributed by atoms with Crippen LogP contribution in [-0.2, 0) is 4.79 Å². The summed E-state index contributed by atoms with van der Waals surface area (Å²) < 4.78 is 5.48. The number of benzene rings is 1. The lowest BCUT2D eigenvalue weighted by Crippen LogP contribution is -2.34. The summed E-state index contributed by atoms with van der Waals surface area (Å²) in [5, 5.41) is 6.25. The van der Waals surface area contributed by atoms with Crippen molar-refractivity contribution in [3.63, 3.8) is 0 Å². The van der Waals surface area contributed by atoms with Crippen LogP contribution < -0.4 is 10.6 Å². The van der Waals surface area contributed by atoms with Crippen LogP contribution in [0.5, 0.6) is 0 Å². The molecule has 1 aliphatic rings. The molecule has 22 heavy (non-hydrogen) atoms. The second kappa shape index (κ2) is 7.42. The van der Waals surface area contributed by atoms with Crippen LogP contribution in [0.1, 0.15) is 18.7 Å². The van der Waals surface area contributed by atoms with Gasteiger partial charge in [0.2, 0.25) is 5.91 Å². The summed E-state index contributed by atoms with van der Waals surface area (Å²) in [7, 11) is 0. The predicted molar refractivity (Wildman–Crippen MR) is 88.1 cm³/mol. The molecule has 0 radical (unpaired) electrons. The Morgan fingerprint density at radius 3 is 2.55 bits per heavy atom. The lowest BCUT2D eigenvalue weighted by Gasteiger charge is -2.21. The highest BCUT2D eigenvalue weighted by Gasteiger charge is 2.20. The number of rotatable bonds is 3. The topological polar surface area (TPSA) is 67.2 Å². The van der Waals surface area contributed by atoms with Gasteiger partial charge in [-0.3, -0.25) is 4.79 Å². The maximum Gasteiger partial charge on any atom is 0.227 e. The number of hydrogen-bond donors (Lipinski definition) is 2. The maximum absolute atomic E-state index is 12.2. The zero-order valence-corrected chi connectivity index (χ0v) is 13.3. The van der Waals surface area contributed by atoms with Gasteiger partial charge in [0.05, 0.1) is 6.20 Å². The summed E-state index contributed by atoms with van der Waals surface area (Å²) in [6.07, 6.45) is 3.51. The Bertz CT molecular complexity index is 619. The molecular weight excluding hydrogens is 302 g/mol. The average Bonchev–Trinajstić information content (AvgIpc) is 2.95. The van der Waals surface area contributed by atoms with Crippen LogP contribution >= 0.6 is 12.4 Å². The van der Waals surface area contributed by atoms with E-state index in [0.717, 1.165) is 42.9 Å². The number of carbonyl (C=O) groups is 1. The highest BCUT2D eigenvalue weighted by Crippen LogP contribution is 2.23. The Kier molecular flexibility index (Phi) is 5.57. The molecular formula is C16H20ClN3O2. The standard InChI is InChI=1S/C16H19N3O2.ClH/c1-11-18-10-15(21-11)12-2-4-14(5-3-12)19-16(20)13-6-8-17-9-7-13;/h2-5,10,13,17H,6-9H2,1H3,(H,19,20);1H. The molecule has 1 aromatic heterocycles. The number of anilines is 1. The van der Waals surface area contributed by atoms with E-state index in [1.165, 1.54) is 0 Å². The van der Waals surface area contributed by atoms with E-state index < -0.39 is 0 Å². The van der Waals surface area contributed by atoms with Crippen molar-refractivity contribution in [2.45, 2.75) is 19.8 Å². The first kappa shape index (κ1) is 16.5. The van der Waals surface area contributed by atoms with Gasteiger partial charge >= 0.3 is 0 Å². The third kappa shape index (κ3) is 3.87.